The molecule has 1 N–H and O–H groups in total. The molecule has 9 nitrogen and oxygen atoms in total. The van der Waals surface area contributed by atoms with Gasteiger partial charge in [0.25, 0.3) is 11.6 Å². The predicted molar refractivity (Wildman–Crippen MR) is 136 cm³/mol. The molecule has 3 aromatic rings. The molecule has 1 aliphatic rings. The number of hydrogen-bond acceptors (Lipinski definition) is 6. The van der Waals surface area contributed by atoms with Gasteiger partial charge < -0.3 is 19.7 Å². The van der Waals surface area contributed by atoms with E-state index in [1.807, 2.05) is 31.2 Å². The number of nitrogens with zero attached hydrogens (tertiary/aromatic N) is 2. The van der Waals surface area contributed by atoms with Crippen LogP contribution in [-0.2, 0) is 9.59 Å². The van der Waals surface area contributed by atoms with Crippen molar-refractivity contribution in [2.75, 3.05) is 23.4 Å². The first-order valence-corrected chi connectivity index (χ1v) is 11.4. The van der Waals surface area contributed by atoms with Gasteiger partial charge in [0, 0.05) is 23.9 Å². The lowest BCUT2D eigenvalue weighted by molar-refractivity contribution is -0.384. The van der Waals surface area contributed by atoms with Crippen LogP contribution in [0.5, 0.6) is 11.5 Å². The fourth-order valence-electron chi connectivity index (χ4n) is 3.67. The quantitative estimate of drug-likeness (QED) is 0.279. The van der Waals surface area contributed by atoms with Crippen LogP contribution in [0.2, 0.25) is 0 Å². The fraction of sp³-hybridized carbons (Fsp3) is 0.185. The zero-order valence-electron chi connectivity index (χ0n) is 19.8. The van der Waals surface area contributed by atoms with E-state index in [4.69, 9.17) is 9.47 Å². The zero-order chi connectivity index (χ0) is 25.7. The maximum absolute atomic E-state index is 12.8. The molecule has 0 bridgehead atoms. The number of amides is 2. The van der Waals surface area contributed by atoms with Crippen LogP contribution in [0.1, 0.15) is 18.1 Å². The SMILES string of the molecule is Cc1ccc(OCCN2C(=O)C(C)Oc3ccc(NC(=O)/C=C/c4ccc([N+](=O)[O-])cc4)cc32)cc1. The van der Waals surface area contributed by atoms with Crippen LogP contribution in [0.15, 0.2) is 72.8 Å². The van der Waals surface area contributed by atoms with Gasteiger partial charge in [0.2, 0.25) is 5.91 Å². The van der Waals surface area contributed by atoms with Gasteiger partial charge in [-0.25, -0.2) is 0 Å². The molecular formula is C27H25N3O6. The van der Waals surface area contributed by atoms with Crippen LogP contribution in [0.25, 0.3) is 6.08 Å². The van der Waals surface area contributed by atoms with E-state index < -0.39 is 11.0 Å². The Balaban J connectivity index is 1.43. The van der Waals surface area contributed by atoms with Crippen molar-refractivity contribution in [3.05, 3.63) is 94.0 Å². The van der Waals surface area contributed by atoms with Crippen LogP contribution in [-0.4, -0.2) is 36.0 Å². The highest BCUT2D eigenvalue weighted by molar-refractivity contribution is 6.04. The molecule has 2 amide bonds. The first-order valence-electron chi connectivity index (χ1n) is 11.4. The van der Waals surface area contributed by atoms with Crippen molar-refractivity contribution >= 4 is 35.0 Å². The van der Waals surface area contributed by atoms with Gasteiger partial charge in [-0.1, -0.05) is 17.7 Å². The van der Waals surface area contributed by atoms with Crippen LogP contribution in [0.3, 0.4) is 0 Å². The highest BCUT2D eigenvalue weighted by atomic mass is 16.6. The van der Waals surface area contributed by atoms with E-state index in [0.29, 0.717) is 29.2 Å². The van der Waals surface area contributed by atoms with E-state index in [2.05, 4.69) is 5.32 Å². The number of benzene rings is 3. The van der Waals surface area contributed by atoms with E-state index in [0.717, 1.165) is 11.3 Å². The average Bonchev–Trinajstić information content (AvgIpc) is 2.87. The number of fused-ring (bicyclic) bond motifs is 1. The molecule has 0 radical (unpaired) electrons. The molecule has 0 spiro atoms. The number of carbonyl (C=O) groups excluding carboxylic acids is 2. The first-order chi connectivity index (χ1) is 17.3. The summed E-state index contributed by atoms with van der Waals surface area (Å²) in [5.74, 6) is 0.669. The molecule has 1 unspecified atom stereocenters. The first kappa shape index (κ1) is 24.5. The third kappa shape index (κ3) is 5.87. The number of ether oxygens (including phenoxy) is 2. The van der Waals surface area contributed by atoms with E-state index in [-0.39, 0.29) is 24.1 Å². The summed E-state index contributed by atoms with van der Waals surface area (Å²) in [4.78, 5) is 37.2. The van der Waals surface area contributed by atoms with Crippen molar-refractivity contribution in [2.45, 2.75) is 20.0 Å². The van der Waals surface area contributed by atoms with Gasteiger partial charge in [0.15, 0.2) is 6.10 Å². The second-order valence-electron chi connectivity index (χ2n) is 8.27. The number of carbonyl (C=O) groups is 2. The number of non-ortho nitro benzene ring substituents is 1. The molecule has 0 aromatic heterocycles. The topological polar surface area (TPSA) is 111 Å². The van der Waals surface area contributed by atoms with Crippen molar-refractivity contribution in [1.82, 2.24) is 0 Å². The highest BCUT2D eigenvalue weighted by Crippen LogP contribution is 2.36. The van der Waals surface area contributed by atoms with Crippen molar-refractivity contribution in [2.24, 2.45) is 0 Å². The maximum atomic E-state index is 12.8. The minimum absolute atomic E-state index is 0.0226. The second-order valence-corrected chi connectivity index (χ2v) is 8.27. The van der Waals surface area contributed by atoms with Gasteiger partial charge >= 0.3 is 0 Å². The molecule has 0 fully saturated rings. The van der Waals surface area contributed by atoms with E-state index in [1.165, 1.54) is 18.2 Å². The molecule has 4 rings (SSSR count). The number of hydrogen-bond donors (Lipinski definition) is 1. The van der Waals surface area contributed by atoms with E-state index in [9.17, 15) is 19.7 Å². The molecule has 3 aromatic carbocycles. The maximum Gasteiger partial charge on any atom is 0.269 e. The Labute approximate surface area is 208 Å². The van der Waals surface area contributed by atoms with Crippen molar-refractivity contribution < 1.29 is 24.0 Å². The number of aryl methyl sites for hydroxylation is 1. The average molecular weight is 488 g/mol. The van der Waals surface area contributed by atoms with Gasteiger partial charge in [-0.3, -0.25) is 19.7 Å². The normalized spacial score (nSPS) is 14.8. The number of nitro benzene ring substituents is 1. The van der Waals surface area contributed by atoms with E-state index >= 15 is 0 Å². The zero-order valence-corrected chi connectivity index (χ0v) is 19.8. The van der Waals surface area contributed by atoms with Gasteiger partial charge in [0.05, 0.1) is 17.2 Å². The Morgan fingerprint density at radius 2 is 1.86 bits per heavy atom. The number of nitrogens with one attached hydrogen (secondary N) is 1. The summed E-state index contributed by atoms with van der Waals surface area (Å²) in [6.45, 7) is 4.29. The van der Waals surface area contributed by atoms with Crippen LogP contribution in [0, 0.1) is 17.0 Å². The summed E-state index contributed by atoms with van der Waals surface area (Å²) < 4.78 is 11.5. The Morgan fingerprint density at radius 1 is 1.14 bits per heavy atom. The molecule has 0 saturated carbocycles. The monoisotopic (exact) mass is 487 g/mol. The molecule has 0 aliphatic carbocycles. The van der Waals surface area contributed by atoms with Crippen LogP contribution < -0.4 is 19.7 Å². The van der Waals surface area contributed by atoms with Crippen LogP contribution in [0.4, 0.5) is 17.1 Å². The fourth-order valence-corrected chi connectivity index (χ4v) is 3.67. The van der Waals surface area contributed by atoms with Crippen LogP contribution >= 0.6 is 0 Å². The highest BCUT2D eigenvalue weighted by Gasteiger charge is 2.31. The van der Waals surface area contributed by atoms with Crippen molar-refractivity contribution in [3.63, 3.8) is 0 Å². The molecule has 1 aliphatic heterocycles. The summed E-state index contributed by atoms with van der Waals surface area (Å²) in [5.41, 5.74) is 2.79. The molecule has 1 heterocycles. The van der Waals surface area contributed by atoms with Gasteiger partial charge in [-0.2, -0.15) is 0 Å². The van der Waals surface area contributed by atoms with Gasteiger partial charge in [0.1, 0.15) is 18.1 Å². The lowest BCUT2D eigenvalue weighted by atomic mass is 10.1. The molecule has 0 saturated heterocycles. The summed E-state index contributed by atoms with van der Waals surface area (Å²) in [5, 5.41) is 13.5. The standard InChI is InChI=1S/C27H25N3O6/c1-18-3-11-23(12-4-18)35-16-15-29-24-17-21(8-13-25(24)36-19(2)27(29)32)28-26(31)14-7-20-5-9-22(10-6-20)30(33)34/h3-14,17,19H,15-16H2,1-2H3,(H,28,31)/b14-7+. The third-order valence-corrected chi connectivity index (χ3v) is 5.57. The minimum atomic E-state index is -0.637. The summed E-state index contributed by atoms with van der Waals surface area (Å²) in [6, 6.07) is 18.6. The van der Waals surface area contributed by atoms with Crippen molar-refractivity contribution in [1.29, 1.82) is 0 Å². The summed E-state index contributed by atoms with van der Waals surface area (Å²) >= 11 is 0. The smallest absolute Gasteiger partial charge is 0.269 e. The lowest BCUT2D eigenvalue weighted by Gasteiger charge is -2.33. The second kappa shape index (κ2) is 10.7. The third-order valence-electron chi connectivity index (χ3n) is 5.57. The summed E-state index contributed by atoms with van der Waals surface area (Å²) in [7, 11) is 0. The molecule has 1 atom stereocenters. The number of anilines is 2. The molecule has 36 heavy (non-hydrogen) atoms. The predicted octanol–water partition coefficient (Wildman–Crippen LogP) is 4.75. The Kier molecular flexibility index (Phi) is 7.29. The molecule has 9 heteroatoms. The van der Waals surface area contributed by atoms with E-state index in [1.54, 1.807) is 48.2 Å². The Bertz CT molecular complexity index is 1300. The largest absolute Gasteiger partial charge is 0.492 e. The van der Waals surface area contributed by atoms with Gasteiger partial charge in [-0.15, -0.1) is 0 Å². The number of nitro groups is 1. The lowest BCUT2D eigenvalue weighted by Crippen LogP contribution is -2.46. The Morgan fingerprint density at radius 3 is 2.56 bits per heavy atom. The number of rotatable bonds is 8. The Hall–Kier alpha value is -4.66. The molecule has 184 valence electrons. The minimum Gasteiger partial charge on any atom is -0.492 e. The summed E-state index contributed by atoms with van der Waals surface area (Å²) in [6.07, 6.45) is 2.25. The van der Waals surface area contributed by atoms with Gasteiger partial charge in [-0.05, 0) is 68.0 Å². The van der Waals surface area contributed by atoms with Crippen molar-refractivity contribution in [3.8, 4) is 11.5 Å². The molecular weight excluding hydrogens is 462 g/mol.